The van der Waals surface area contributed by atoms with Crippen LogP contribution in [0.5, 0.6) is 0 Å². The topological polar surface area (TPSA) is 113 Å². The third kappa shape index (κ3) is 3.88. The van der Waals surface area contributed by atoms with Crippen molar-refractivity contribution in [1.29, 1.82) is 0 Å². The van der Waals surface area contributed by atoms with E-state index < -0.39 is 28.0 Å². The van der Waals surface area contributed by atoms with E-state index in [2.05, 4.69) is 5.32 Å². The Morgan fingerprint density at radius 1 is 1.48 bits per heavy atom. The van der Waals surface area contributed by atoms with E-state index in [0.717, 1.165) is 0 Å². The lowest BCUT2D eigenvalue weighted by atomic mass is 10.1. The molecule has 21 heavy (non-hydrogen) atoms. The van der Waals surface area contributed by atoms with Gasteiger partial charge in [-0.2, -0.15) is 0 Å². The maximum Gasteiger partial charge on any atom is 0.338 e. The van der Waals surface area contributed by atoms with Gasteiger partial charge in [0.2, 0.25) is 5.91 Å². The van der Waals surface area contributed by atoms with Gasteiger partial charge in [-0.3, -0.25) is 14.9 Å². The van der Waals surface area contributed by atoms with Gasteiger partial charge < -0.3 is 15.3 Å². The van der Waals surface area contributed by atoms with Gasteiger partial charge >= 0.3 is 5.97 Å². The average molecular weight is 299 g/mol. The van der Waals surface area contributed by atoms with E-state index >= 15 is 0 Å². The van der Waals surface area contributed by atoms with E-state index in [0.29, 0.717) is 18.7 Å². The first kappa shape index (κ1) is 16.3. The fraction of sp³-hybridized carbons (Fsp3) is 0.333. The molecule has 1 aromatic rings. The van der Waals surface area contributed by atoms with Crippen molar-refractivity contribution in [1.82, 2.24) is 4.90 Å². The molecule has 9 heteroatoms. The van der Waals surface area contributed by atoms with Crippen LogP contribution in [0.15, 0.2) is 12.1 Å². The number of carbonyl (C=O) groups is 2. The Labute approximate surface area is 119 Å². The number of benzene rings is 1. The quantitative estimate of drug-likeness (QED) is 0.605. The number of nitrogens with one attached hydrogen (secondary N) is 1. The van der Waals surface area contributed by atoms with Gasteiger partial charge in [-0.15, -0.1) is 0 Å². The van der Waals surface area contributed by atoms with Crippen molar-refractivity contribution in [3.05, 3.63) is 33.6 Å². The van der Waals surface area contributed by atoms with Crippen molar-refractivity contribution in [3.63, 3.8) is 0 Å². The number of anilines is 1. The van der Waals surface area contributed by atoms with Crippen LogP contribution in [0.3, 0.4) is 0 Å². The number of rotatable bonds is 6. The first-order valence-corrected chi connectivity index (χ1v) is 5.97. The highest BCUT2D eigenvalue weighted by molar-refractivity contribution is 5.90. The summed E-state index contributed by atoms with van der Waals surface area (Å²) >= 11 is 0. The number of aromatic carboxylic acids is 1. The maximum atomic E-state index is 13.6. The van der Waals surface area contributed by atoms with E-state index in [4.69, 9.17) is 5.11 Å². The van der Waals surface area contributed by atoms with Gasteiger partial charge in [-0.1, -0.05) is 0 Å². The minimum atomic E-state index is -1.61. The molecule has 1 amide bonds. The number of carboxylic acid groups (broad SMARTS) is 1. The maximum absolute atomic E-state index is 13.6. The monoisotopic (exact) mass is 299 g/mol. The summed E-state index contributed by atoms with van der Waals surface area (Å²) in [7, 11) is 1.55. The number of hydrogen-bond donors (Lipinski definition) is 2. The second-order valence-electron chi connectivity index (χ2n) is 4.17. The van der Waals surface area contributed by atoms with Crippen LogP contribution >= 0.6 is 0 Å². The summed E-state index contributed by atoms with van der Waals surface area (Å²) in [5, 5.41) is 22.1. The number of hydrogen-bond acceptors (Lipinski definition) is 5. The summed E-state index contributed by atoms with van der Waals surface area (Å²) in [4.78, 5) is 33.8. The fourth-order valence-corrected chi connectivity index (χ4v) is 1.50. The molecule has 2 N–H and O–H groups in total. The third-order valence-corrected chi connectivity index (χ3v) is 2.84. The lowest BCUT2D eigenvalue weighted by Gasteiger charge is -2.15. The van der Waals surface area contributed by atoms with Crippen LogP contribution in [0, 0.1) is 15.9 Å². The van der Waals surface area contributed by atoms with Crippen LogP contribution < -0.4 is 5.32 Å². The number of nitrogens with zero attached hydrogens (tertiary/aromatic N) is 2. The average Bonchev–Trinajstić information content (AvgIpc) is 2.42. The molecule has 0 aliphatic heterocycles. The fourth-order valence-electron chi connectivity index (χ4n) is 1.50. The molecule has 0 bridgehead atoms. The van der Waals surface area contributed by atoms with Crippen molar-refractivity contribution in [2.75, 3.05) is 25.5 Å². The molecule has 0 radical (unpaired) electrons. The zero-order chi connectivity index (χ0) is 16.2. The molecule has 0 fully saturated rings. The van der Waals surface area contributed by atoms with E-state index in [1.165, 1.54) is 4.90 Å². The number of amides is 1. The van der Waals surface area contributed by atoms with Gasteiger partial charge in [-0.25, -0.2) is 9.18 Å². The molecule has 0 aromatic heterocycles. The van der Waals surface area contributed by atoms with Gasteiger partial charge in [0.05, 0.1) is 11.5 Å². The van der Waals surface area contributed by atoms with Crippen molar-refractivity contribution in [3.8, 4) is 0 Å². The van der Waals surface area contributed by atoms with Gasteiger partial charge in [0.1, 0.15) is 17.1 Å². The van der Waals surface area contributed by atoms with E-state index in [-0.39, 0.29) is 18.1 Å². The van der Waals surface area contributed by atoms with Gasteiger partial charge in [-0.05, 0) is 6.92 Å². The molecule has 0 aliphatic rings. The zero-order valence-electron chi connectivity index (χ0n) is 11.4. The second kappa shape index (κ2) is 6.64. The summed E-state index contributed by atoms with van der Waals surface area (Å²) in [5.74, 6) is -3.06. The van der Waals surface area contributed by atoms with Crippen molar-refractivity contribution in [2.45, 2.75) is 6.92 Å². The molecule has 0 aliphatic carbocycles. The van der Waals surface area contributed by atoms with Crippen LogP contribution in [0.1, 0.15) is 17.3 Å². The van der Waals surface area contributed by atoms with Crippen LogP contribution in [-0.4, -0.2) is 46.9 Å². The molecule has 0 heterocycles. The summed E-state index contributed by atoms with van der Waals surface area (Å²) < 4.78 is 13.6. The first-order valence-electron chi connectivity index (χ1n) is 5.97. The van der Waals surface area contributed by atoms with Crippen molar-refractivity contribution >= 4 is 23.3 Å². The van der Waals surface area contributed by atoms with Crippen LogP contribution in [-0.2, 0) is 4.79 Å². The largest absolute Gasteiger partial charge is 0.478 e. The van der Waals surface area contributed by atoms with Crippen molar-refractivity contribution < 1.29 is 24.0 Å². The Bertz CT molecular complexity index is 591. The third-order valence-electron chi connectivity index (χ3n) is 2.84. The Kier molecular flexibility index (Phi) is 5.17. The van der Waals surface area contributed by atoms with Gasteiger partial charge in [0.25, 0.3) is 5.69 Å². The minimum Gasteiger partial charge on any atom is -0.478 e. The first-order chi connectivity index (χ1) is 9.77. The minimum absolute atomic E-state index is 0.250. The number of carboxylic acids is 1. The summed E-state index contributed by atoms with van der Waals surface area (Å²) in [6.07, 6.45) is 0. The molecule has 0 saturated carbocycles. The van der Waals surface area contributed by atoms with Gasteiger partial charge in [0, 0.05) is 25.7 Å². The molecule has 8 nitrogen and oxygen atoms in total. The molecule has 114 valence electrons. The Balaban J connectivity index is 3.06. The van der Waals surface area contributed by atoms with Crippen LogP contribution in [0.4, 0.5) is 15.8 Å². The van der Waals surface area contributed by atoms with Crippen LogP contribution in [0.2, 0.25) is 0 Å². The predicted octanol–water partition coefficient (Wildman–Crippen LogP) is 1.32. The van der Waals surface area contributed by atoms with Gasteiger partial charge in [0.15, 0.2) is 0 Å². The molecule has 0 unspecified atom stereocenters. The molecular weight excluding hydrogens is 285 g/mol. The van der Waals surface area contributed by atoms with E-state index in [9.17, 15) is 24.1 Å². The normalized spacial score (nSPS) is 10.0. The lowest BCUT2D eigenvalue weighted by molar-refractivity contribution is -0.384. The van der Waals surface area contributed by atoms with Crippen LogP contribution in [0.25, 0.3) is 0 Å². The zero-order valence-corrected chi connectivity index (χ0v) is 11.4. The molecule has 0 spiro atoms. The van der Waals surface area contributed by atoms with E-state index in [1.54, 1.807) is 14.0 Å². The molecule has 0 saturated heterocycles. The number of nitro benzene ring substituents is 1. The summed E-state index contributed by atoms with van der Waals surface area (Å²) in [5.41, 5.74) is -1.66. The highest BCUT2D eigenvalue weighted by Gasteiger charge is 2.22. The Morgan fingerprint density at radius 3 is 2.57 bits per heavy atom. The molecule has 0 atom stereocenters. The number of likely N-dealkylation sites (N-methyl/N-ethyl adjacent to an activating group) is 1. The number of nitro groups is 1. The summed E-state index contributed by atoms with van der Waals surface area (Å²) in [6.45, 7) is 1.94. The van der Waals surface area contributed by atoms with E-state index in [1.807, 2.05) is 0 Å². The SMILES string of the molecule is CCN(C)C(=O)CNc1cc(F)c(C(=O)O)cc1[N+](=O)[O-]. The molecule has 1 aromatic carbocycles. The number of carbonyl (C=O) groups excluding carboxylic acids is 1. The van der Waals surface area contributed by atoms with Crippen molar-refractivity contribution in [2.24, 2.45) is 0 Å². The second-order valence-corrected chi connectivity index (χ2v) is 4.17. The molecular formula is C12H14FN3O5. The molecule has 1 rings (SSSR count). The summed E-state index contributed by atoms with van der Waals surface area (Å²) in [6, 6.07) is 1.31. The highest BCUT2D eigenvalue weighted by atomic mass is 19.1. The number of halogens is 1. The Hall–Kier alpha value is -2.71. The smallest absolute Gasteiger partial charge is 0.338 e. The predicted molar refractivity (Wildman–Crippen MR) is 71.8 cm³/mol. The standard InChI is InChI=1S/C12H14FN3O5/c1-3-15(2)11(17)6-14-9-5-8(13)7(12(18)19)4-10(9)16(20)21/h4-5,14H,3,6H2,1-2H3,(H,18,19). The highest BCUT2D eigenvalue weighted by Crippen LogP contribution is 2.27. The lowest BCUT2D eigenvalue weighted by Crippen LogP contribution is -2.32. The Morgan fingerprint density at radius 2 is 2.10 bits per heavy atom.